The van der Waals surface area contributed by atoms with Gasteiger partial charge in [-0.1, -0.05) is 34.4 Å². The summed E-state index contributed by atoms with van der Waals surface area (Å²) < 4.78 is 0. The molecule has 0 heterocycles. The van der Waals surface area contributed by atoms with Gasteiger partial charge in [0.25, 0.3) is 0 Å². The Kier molecular flexibility index (Phi) is 3.38. The molecule has 0 amide bonds. The van der Waals surface area contributed by atoms with E-state index < -0.39 is 0 Å². The van der Waals surface area contributed by atoms with Gasteiger partial charge in [0.15, 0.2) is 0 Å². The van der Waals surface area contributed by atoms with Crippen LogP contribution in [-0.2, 0) is 4.84 Å². The van der Waals surface area contributed by atoms with Crippen molar-refractivity contribution in [1.29, 1.82) is 0 Å². The fourth-order valence-corrected chi connectivity index (χ4v) is 1.17. The predicted octanol–water partition coefficient (Wildman–Crippen LogP) is 2.97. The molecular formula is C8H7Cl2NO. The molecule has 0 unspecified atom stereocenters. The minimum atomic E-state index is 0.559. The zero-order chi connectivity index (χ0) is 8.97. The van der Waals surface area contributed by atoms with E-state index in [-0.39, 0.29) is 0 Å². The molecule has 0 aromatic heterocycles. The van der Waals surface area contributed by atoms with Crippen molar-refractivity contribution in [1.82, 2.24) is 0 Å². The van der Waals surface area contributed by atoms with Crippen LogP contribution >= 0.6 is 23.2 Å². The van der Waals surface area contributed by atoms with E-state index in [0.717, 1.165) is 5.56 Å². The standard InChI is InChI=1S/C8H7Cl2NO/c1-12-11-5-6-2-3-7(9)4-8(6)10/h2-5H,1H3. The van der Waals surface area contributed by atoms with Crippen molar-refractivity contribution in [3.63, 3.8) is 0 Å². The number of rotatable bonds is 2. The molecule has 0 fully saturated rings. The van der Waals surface area contributed by atoms with E-state index in [2.05, 4.69) is 9.99 Å². The first-order chi connectivity index (χ1) is 5.74. The first-order valence-corrected chi connectivity index (χ1v) is 4.01. The van der Waals surface area contributed by atoms with Crippen LogP contribution in [0.2, 0.25) is 10.0 Å². The highest BCUT2D eigenvalue weighted by Gasteiger charge is 1.97. The minimum Gasteiger partial charge on any atom is -0.399 e. The zero-order valence-electron chi connectivity index (χ0n) is 6.42. The van der Waals surface area contributed by atoms with Crippen LogP contribution in [0.15, 0.2) is 23.4 Å². The molecule has 2 nitrogen and oxygen atoms in total. The monoisotopic (exact) mass is 203 g/mol. The van der Waals surface area contributed by atoms with Crippen LogP contribution in [0.4, 0.5) is 0 Å². The Morgan fingerprint density at radius 3 is 2.75 bits per heavy atom. The number of hydrogen-bond donors (Lipinski definition) is 0. The minimum absolute atomic E-state index is 0.559. The predicted molar refractivity (Wildman–Crippen MR) is 51.1 cm³/mol. The SMILES string of the molecule is CON=Cc1ccc(Cl)cc1Cl. The molecule has 1 aromatic rings. The molecule has 0 aliphatic carbocycles. The maximum absolute atomic E-state index is 5.83. The first kappa shape index (κ1) is 9.36. The maximum Gasteiger partial charge on any atom is 0.106 e. The summed E-state index contributed by atoms with van der Waals surface area (Å²) in [7, 11) is 1.47. The molecule has 0 aliphatic heterocycles. The lowest BCUT2D eigenvalue weighted by Crippen LogP contribution is -1.83. The van der Waals surface area contributed by atoms with Crippen LogP contribution in [0.3, 0.4) is 0 Å². The zero-order valence-corrected chi connectivity index (χ0v) is 7.93. The summed E-state index contributed by atoms with van der Waals surface area (Å²) in [6.07, 6.45) is 1.53. The van der Waals surface area contributed by atoms with Gasteiger partial charge in [0.05, 0.1) is 11.2 Å². The van der Waals surface area contributed by atoms with Crippen LogP contribution in [0.5, 0.6) is 0 Å². The van der Waals surface area contributed by atoms with Crippen molar-refractivity contribution in [2.24, 2.45) is 5.16 Å². The number of nitrogens with zero attached hydrogens (tertiary/aromatic N) is 1. The van der Waals surface area contributed by atoms with E-state index in [0.29, 0.717) is 10.0 Å². The summed E-state index contributed by atoms with van der Waals surface area (Å²) in [5, 5.41) is 4.74. The molecule has 0 saturated carbocycles. The van der Waals surface area contributed by atoms with Crippen LogP contribution < -0.4 is 0 Å². The Morgan fingerprint density at radius 1 is 1.42 bits per heavy atom. The molecule has 0 atom stereocenters. The molecule has 0 N–H and O–H groups in total. The lowest BCUT2D eigenvalue weighted by Gasteiger charge is -1.96. The fourth-order valence-electron chi connectivity index (χ4n) is 0.716. The van der Waals surface area contributed by atoms with Gasteiger partial charge in [-0.25, -0.2) is 0 Å². The average Bonchev–Trinajstić information content (AvgIpc) is 2.03. The van der Waals surface area contributed by atoms with Crippen LogP contribution in [0.25, 0.3) is 0 Å². The summed E-state index contributed by atoms with van der Waals surface area (Å²) in [4.78, 5) is 4.51. The summed E-state index contributed by atoms with van der Waals surface area (Å²) in [5.41, 5.74) is 0.780. The second kappa shape index (κ2) is 4.33. The van der Waals surface area contributed by atoms with Crippen LogP contribution in [0, 0.1) is 0 Å². The van der Waals surface area contributed by atoms with Crippen molar-refractivity contribution in [2.45, 2.75) is 0 Å². The molecule has 0 aliphatic rings. The summed E-state index contributed by atoms with van der Waals surface area (Å²) in [6, 6.07) is 5.16. The van der Waals surface area contributed by atoms with Gasteiger partial charge in [0.1, 0.15) is 7.11 Å². The molecule has 0 saturated heterocycles. The molecule has 4 heteroatoms. The summed E-state index contributed by atoms with van der Waals surface area (Å²) in [5.74, 6) is 0. The Labute approximate surface area is 80.7 Å². The summed E-state index contributed by atoms with van der Waals surface area (Å²) >= 11 is 11.5. The highest BCUT2D eigenvalue weighted by Crippen LogP contribution is 2.19. The van der Waals surface area contributed by atoms with Gasteiger partial charge in [-0.15, -0.1) is 0 Å². The third-order valence-electron chi connectivity index (χ3n) is 1.26. The molecule has 0 bridgehead atoms. The largest absolute Gasteiger partial charge is 0.399 e. The Morgan fingerprint density at radius 2 is 2.17 bits per heavy atom. The van der Waals surface area contributed by atoms with Crippen LogP contribution in [0.1, 0.15) is 5.56 Å². The lowest BCUT2D eigenvalue weighted by atomic mass is 10.2. The topological polar surface area (TPSA) is 21.6 Å². The smallest absolute Gasteiger partial charge is 0.106 e. The molecule has 0 spiro atoms. The number of halogens is 2. The van der Waals surface area contributed by atoms with Crippen molar-refractivity contribution in [3.8, 4) is 0 Å². The molecule has 64 valence electrons. The summed E-state index contributed by atoms with van der Waals surface area (Å²) in [6.45, 7) is 0. The normalized spacial score (nSPS) is 10.6. The van der Waals surface area contributed by atoms with Crippen molar-refractivity contribution >= 4 is 29.4 Å². The number of hydrogen-bond acceptors (Lipinski definition) is 2. The van der Waals surface area contributed by atoms with E-state index in [1.54, 1.807) is 18.2 Å². The van der Waals surface area contributed by atoms with E-state index in [9.17, 15) is 0 Å². The van der Waals surface area contributed by atoms with E-state index in [4.69, 9.17) is 23.2 Å². The second-order valence-corrected chi connectivity index (χ2v) is 2.93. The van der Waals surface area contributed by atoms with Gasteiger partial charge in [0, 0.05) is 10.6 Å². The first-order valence-electron chi connectivity index (χ1n) is 3.25. The van der Waals surface area contributed by atoms with Gasteiger partial charge in [0.2, 0.25) is 0 Å². The molecule has 1 rings (SSSR count). The lowest BCUT2D eigenvalue weighted by molar-refractivity contribution is 0.215. The Balaban J connectivity index is 2.94. The highest BCUT2D eigenvalue weighted by molar-refractivity contribution is 6.36. The van der Waals surface area contributed by atoms with Crippen LogP contribution in [-0.4, -0.2) is 13.3 Å². The number of benzene rings is 1. The fraction of sp³-hybridized carbons (Fsp3) is 0.125. The van der Waals surface area contributed by atoms with Gasteiger partial charge in [-0.05, 0) is 12.1 Å². The second-order valence-electron chi connectivity index (χ2n) is 2.08. The average molecular weight is 204 g/mol. The van der Waals surface area contributed by atoms with Crippen molar-refractivity contribution in [2.75, 3.05) is 7.11 Å². The van der Waals surface area contributed by atoms with Crippen molar-refractivity contribution < 1.29 is 4.84 Å². The molecule has 1 aromatic carbocycles. The van der Waals surface area contributed by atoms with E-state index in [1.165, 1.54) is 13.3 Å². The highest BCUT2D eigenvalue weighted by atomic mass is 35.5. The quantitative estimate of drug-likeness (QED) is 0.536. The third kappa shape index (κ3) is 2.40. The van der Waals surface area contributed by atoms with Gasteiger partial charge in [-0.2, -0.15) is 0 Å². The van der Waals surface area contributed by atoms with Crippen molar-refractivity contribution in [3.05, 3.63) is 33.8 Å². The number of oxime groups is 1. The molecule has 0 radical (unpaired) electrons. The maximum atomic E-state index is 5.83. The van der Waals surface area contributed by atoms with Gasteiger partial charge in [-0.3, -0.25) is 0 Å². The Bertz CT molecular complexity index is 299. The van der Waals surface area contributed by atoms with E-state index >= 15 is 0 Å². The third-order valence-corrected chi connectivity index (χ3v) is 1.82. The van der Waals surface area contributed by atoms with Gasteiger partial charge >= 0.3 is 0 Å². The van der Waals surface area contributed by atoms with Gasteiger partial charge < -0.3 is 4.84 Å². The van der Waals surface area contributed by atoms with E-state index in [1.807, 2.05) is 0 Å². The molecule has 12 heavy (non-hydrogen) atoms. The Hall–Kier alpha value is -0.730. The molecular weight excluding hydrogens is 197 g/mol.